The van der Waals surface area contributed by atoms with Gasteiger partial charge < -0.3 is 20.6 Å². The van der Waals surface area contributed by atoms with Crippen molar-refractivity contribution < 1.29 is 9.52 Å². The number of hydrogen-bond donors (Lipinski definition) is 3. The Morgan fingerprint density at radius 2 is 2.19 bits per heavy atom. The average Bonchev–Trinajstić information content (AvgIpc) is 2.88. The van der Waals surface area contributed by atoms with Crippen molar-refractivity contribution in [2.24, 2.45) is 5.92 Å². The second-order valence-corrected chi connectivity index (χ2v) is 6.18. The van der Waals surface area contributed by atoms with E-state index in [1.807, 2.05) is 6.07 Å². The first-order chi connectivity index (χ1) is 10.1. The van der Waals surface area contributed by atoms with Crippen LogP contribution in [0.25, 0.3) is 11.1 Å². The van der Waals surface area contributed by atoms with Crippen LogP contribution in [0.4, 0.5) is 11.7 Å². The Balaban J connectivity index is 1.63. The summed E-state index contributed by atoms with van der Waals surface area (Å²) in [6.45, 7) is 2.70. The van der Waals surface area contributed by atoms with Crippen LogP contribution in [0.5, 0.6) is 0 Å². The molecule has 0 spiro atoms. The highest BCUT2D eigenvalue weighted by Crippen LogP contribution is 2.34. The number of oxazole rings is 1. The van der Waals surface area contributed by atoms with E-state index in [-0.39, 0.29) is 0 Å². The number of rotatable bonds is 4. The summed E-state index contributed by atoms with van der Waals surface area (Å²) in [5, 5.41) is 13.7. The quantitative estimate of drug-likeness (QED) is 0.753. The molecule has 1 aromatic carbocycles. The van der Waals surface area contributed by atoms with Gasteiger partial charge in [-0.1, -0.05) is 13.3 Å². The van der Waals surface area contributed by atoms with E-state index in [4.69, 9.17) is 10.2 Å². The summed E-state index contributed by atoms with van der Waals surface area (Å²) >= 11 is 0. The number of nitrogens with zero attached hydrogens (tertiary/aromatic N) is 1. The maximum Gasteiger partial charge on any atom is 0.295 e. The van der Waals surface area contributed by atoms with E-state index in [9.17, 15) is 5.11 Å². The van der Waals surface area contributed by atoms with E-state index in [1.165, 1.54) is 6.42 Å². The number of aliphatic hydroxyl groups is 1. The SMILES string of the molecule is CCC1CCC(O)(CNc2nc3cc(N)ccc3o2)CC1. The predicted octanol–water partition coefficient (Wildman–Crippen LogP) is 3.15. The number of nitrogens with two attached hydrogens (primary N) is 1. The smallest absolute Gasteiger partial charge is 0.295 e. The second-order valence-electron chi connectivity index (χ2n) is 6.18. The van der Waals surface area contributed by atoms with Crippen molar-refractivity contribution in [2.75, 3.05) is 17.6 Å². The zero-order valence-electron chi connectivity index (χ0n) is 12.4. The maximum atomic E-state index is 10.6. The van der Waals surface area contributed by atoms with E-state index in [2.05, 4.69) is 17.2 Å². The number of aromatic nitrogens is 1. The molecule has 1 heterocycles. The minimum absolute atomic E-state index is 0.446. The van der Waals surface area contributed by atoms with Gasteiger partial charge in [-0.25, -0.2) is 0 Å². The minimum Gasteiger partial charge on any atom is -0.424 e. The standard InChI is InChI=1S/C16H23N3O2/c1-2-11-5-7-16(20,8-6-11)10-18-15-19-13-9-12(17)3-4-14(13)21-15/h3-4,9,11,20H,2,5-8,10,17H2,1H3,(H,18,19). The zero-order chi connectivity index (χ0) is 14.9. The van der Waals surface area contributed by atoms with E-state index < -0.39 is 5.60 Å². The Morgan fingerprint density at radius 3 is 2.90 bits per heavy atom. The fraction of sp³-hybridized carbons (Fsp3) is 0.562. The van der Waals surface area contributed by atoms with Crippen molar-refractivity contribution in [3.8, 4) is 0 Å². The summed E-state index contributed by atoms with van der Waals surface area (Å²) in [5.74, 6) is 0.762. The Kier molecular flexibility index (Phi) is 3.76. The monoisotopic (exact) mass is 289 g/mol. The number of nitrogen functional groups attached to an aromatic ring is 1. The molecular formula is C16H23N3O2. The number of benzene rings is 1. The molecule has 1 aromatic heterocycles. The van der Waals surface area contributed by atoms with Crippen LogP contribution in [0.2, 0.25) is 0 Å². The van der Waals surface area contributed by atoms with Gasteiger partial charge in [0, 0.05) is 12.2 Å². The second kappa shape index (κ2) is 5.56. The average molecular weight is 289 g/mol. The van der Waals surface area contributed by atoms with Gasteiger partial charge in [-0.05, 0) is 49.8 Å². The molecule has 2 aromatic rings. The predicted molar refractivity (Wildman–Crippen MR) is 84.1 cm³/mol. The molecule has 0 aliphatic heterocycles. The van der Waals surface area contributed by atoms with Crippen molar-refractivity contribution in [3.63, 3.8) is 0 Å². The highest BCUT2D eigenvalue weighted by molar-refractivity contribution is 5.78. The van der Waals surface area contributed by atoms with Crippen LogP contribution in [-0.2, 0) is 0 Å². The van der Waals surface area contributed by atoms with Gasteiger partial charge in [0.25, 0.3) is 6.01 Å². The van der Waals surface area contributed by atoms with Crippen LogP contribution in [0, 0.1) is 5.92 Å². The van der Waals surface area contributed by atoms with Crippen molar-refractivity contribution in [3.05, 3.63) is 18.2 Å². The van der Waals surface area contributed by atoms with Gasteiger partial charge in [0.2, 0.25) is 0 Å². The fourth-order valence-electron chi connectivity index (χ4n) is 3.06. The lowest BCUT2D eigenvalue weighted by Crippen LogP contribution is -2.40. The molecule has 4 N–H and O–H groups in total. The highest BCUT2D eigenvalue weighted by atomic mass is 16.4. The first-order valence-corrected chi connectivity index (χ1v) is 7.70. The third-order valence-electron chi connectivity index (χ3n) is 4.59. The van der Waals surface area contributed by atoms with Crippen LogP contribution in [0.15, 0.2) is 22.6 Å². The molecule has 1 aliphatic carbocycles. The molecule has 21 heavy (non-hydrogen) atoms. The topological polar surface area (TPSA) is 84.3 Å². The van der Waals surface area contributed by atoms with Gasteiger partial charge in [-0.2, -0.15) is 4.98 Å². The van der Waals surface area contributed by atoms with Crippen LogP contribution in [0.1, 0.15) is 39.0 Å². The van der Waals surface area contributed by atoms with Crippen LogP contribution >= 0.6 is 0 Å². The first-order valence-electron chi connectivity index (χ1n) is 7.70. The fourth-order valence-corrected chi connectivity index (χ4v) is 3.06. The number of fused-ring (bicyclic) bond motifs is 1. The van der Waals surface area contributed by atoms with Gasteiger partial charge in [-0.15, -0.1) is 0 Å². The lowest BCUT2D eigenvalue weighted by molar-refractivity contribution is 0.00192. The van der Waals surface area contributed by atoms with Gasteiger partial charge in [0.15, 0.2) is 5.58 Å². The Labute approximate surface area is 124 Å². The molecule has 0 amide bonds. The molecule has 1 saturated carbocycles. The number of anilines is 2. The lowest BCUT2D eigenvalue weighted by atomic mass is 9.78. The van der Waals surface area contributed by atoms with Gasteiger partial charge >= 0.3 is 0 Å². The highest BCUT2D eigenvalue weighted by Gasteiger charge is 2.32. The summed E-state index contributed by atoms with van der Waals surface area (Å²) in [5.41, 5.74) is 7.18. The number of hydrogen-bond acceptors (Lipinski definition) is 5. The van der Waals surface area contributed by atoms with E-state index >= 15 is 0 Å². The molecule has 0 bridgehead atoms. The van der Waals surface area contributed by atoms with E-state index in [0.717, 1.165) is 37.1 Å². The van der Waals surface area contributed by atoms with Crippen molar-refractivity contribution >= 4 is 22.8 Å². The molecule has 3 rings (SSSR count). The molecule has 1 fully saturated rings. The third-order valence-corrected chi connectivity index (χ3v) is 4.59. The van der Waals surface area contributed by atoms with Crippen molar-refractivity contribution in [2.45, 2.75) is 44.6 Å². The first kappa shape index (κ1) is 14.2. The number of nitrogens with one attached hydrogen (secondary N) is 1. The largest absolute Gasteiger partial charge is 0.424 e. The van der Waals surface area contributed by atoms with Crippen LogP contribution in [0.3, 0.4) is 0 Å². The Bertz CT molecular complexity index is 615. The molecule has 0 saturated heterocycles. The summed E-state index contributed by atoms with van der Waals surface area (Å²) in [7, 11) is 0. The van der Waals surface area contributed by atoms with Gasteiger partial charge in [0.1, 0.15) is 5.52 Å². The van der Waals surface area contributed by atoms with E-state index in [0.29, 0.717) is 23.8 Å². The molecule has 5 heteroatoms. The van der Waals surface area contributed by atoms with Crippen LogP contribution in [-0.4, -0.2) is 22.2 Å². The molecule has 1 aliphatic rings. The summed E-state index contributed by atoms with van der Waals surface area (Å²) < 4.78 is 5.61. The van der Waals surface area contributed by atoms with Crippen molar-refractivity contribution in [1.82, 2.24) is 4.98 Å². The molecule has 5 nitrogen and oxygen atoms in total. The molecule has 114 valence electrons. The summed E-state index contributed by atoms with van der Waals surface area (Å²) in [4.78, 5) is 4.35. The van der Waals surface area contributed by atoms with Crippen LogP contribution < -0.4 is 11.1 Å². The Morgan fingerprint density at radius 1 is 1.43 bits per heavy atom. The molecular weight excluding hydrogens is 266 g/mol. The maximum absolute atomic E-state index is 10.6. The summed E-state index contributed by atoms with van der Waals surface area (Å²) in [6.07, 6.45) is 5.07. The normalized spacial score (nSPS) is 26.1. The lowest BCUT2D eigenvalue weighted by Gasteiger charge is -2.35. The third kappa shape index (κ3) is 3.13. The summed E-state index contributed by atoms with van der Waals surface area (Å²) in [6, 6.07) is 5.83. The zero-order valence-corrected chi connectivity index (χ0v) is 12.4. The molecule has 0 radical (unpaired) electrons. The molecule has 0 atom stereocenters. The molecule has 0 unspecified atom stereocenters. The minimum atomic E-state index is -0.647. The van der Waals surface area contributed by atoms with Gasteiger partial charge in [-0.3, -0.25) is 0 Å². The van der Waals surface area contributed by atoms with Crippen molar-refractivity contribution in [1.29, 1.82) is 0 Å². The Hall–Kier alpha value is -1.75. The van der Waals surface area contributed by atoms with E-state index in [1.54, 1.807) is 12.1 Å². The van der Waals surface area contributed by atoms with Gasteiger partial charge in [0.05, 0.1) is 5.60 Å².